The molecule has 0 radical (unpaired) electrons. The molecule has 0 aromatic heterocycles. The number of carbonyl (C=O) groups excluding carboxylic acids is 2. The molecule has 2 amide bonds. The predicted octanol–water partition coefficient (Wildman–Crippen LogP) is 3.52. The molecule has 20 heavy (non-hydrogen) atoms. The van der Waals surface area contributed by atoms with Crippen molar-refractivity contribution in [3.8, 4) is 0 Å². The zero-order valence-corrected chi connectivity index (χ0v) is 12.6. The fourth-order valence-corrected chi connectivity index (χ4v) is 3.19. The molecule has 0 saturated carbocycles. The molecule has 1 aromatic carbocycles. The average Bonchev–Trinajstić information content (AvgIpc) is 2.39. The van der Waals surface area contributed by atoms with Gasteiger partial charge in [0.25, 0.3) is 0 Å². The van der Waals surface area contributed by atoms with Gasteiger partial charge in [0.15, 0.2) is 0 Å². The molecule has 2 rings (SSSR count). The van der Waals surface area contributed by atoms with E-state index in [2.05, 4.69) is 19.2 Å². The van der Waals surface area contributed by atoms with Gasteiger partial charge in [-0.25, -0.2) is 0 Å². The Kier molecular flexibility index (Phi) is 4.81. The van der Waals surface area contributed by atoms with E-state index in [0.717, 1.165) is 18.4 Å². The van der Waals surface area contributed by atoms with Crippen LogP contribution in [0.3, 0.4) is 0 Å². The molecule has 1 saturated heterocycles. The topological polar surface area (TPSA) is 46.2 Å². The van der Waals surface area contributed by atoms with E-state index >= 15 is 0 Å². The lowest BCUT2D eigenvalue weighted by atomic mass is 9.73. The van der Waals surface area contributed by atoms with Crippen LogP contribution in [-0.4, -0.2) is 11.8 Å². The summed E-state index contributed by atoms with van der Waals surface area (Å²) in [7, 11) is 0. The Morgan fingerprint density at radius 1 is 1.30 bits per heavy atom. The zero-order chi connectivity index (χ0) is 14.7. The summed E-state index contributed by atoms with van der Waals surface area (Å²) in [5, 5.41) is 3.11. The first-order chi connectivity index (χ1) is 9.52. The Bertz CT molecular complexity index is 498. The summed E-state index contributed by atoms with van der Waals surface area (Å²) in [4.78, 5) is 23.9. The van der Waals surface area contributed by atoms with Crippen LogP contribution in [0.25, 0.3) is 0 Å². The van der Waals surface area contributed by atoms with E-state index in [-0.39, 0.29) is 23.7 Å². The van der Waals surface area contributed by atoms with Crippen LogP contribution in [0.15, 0.2) is 24.3 Å². The lowest BCUT2D eigenvalue weighted by Crippen LogP contribution is -2.46. The molecule has 1 N–H and O–H groups in total. The second kappa shape index (κ2) is 6.40. The standard InChI is InChI=1S/C16H20ClNO2/c1-3-4-10(2)13-9-14(19)18-16(20)15(13)11-5-7-12(17)8-6-11/h5-8,10,13,15H,3-4,9H2,1-2H3,(H,18,19,20). The summed E-state index contributed by atoms with van der Waals surface area (Å²) in [5.41, 5.74) is 0.937. The molecule has 1 fully saturated rings. The van der Waals surface area contributed by atoms with Gasteiger partial charge in [-0.2, -0.15) is 0 Å². The number of imide groups is 1. The number of benzene rings is 1. The lowest BCUT2D eigenvalue weighted by molar-refractivity contribution is -0.137. The highest BCUT2D eigenvalue weighted by molar-refractivity contribution is 6.30. The highest BCUT2D eigenvalue weighted by Crippen LogP contribution is 2.37. The third kappa shape index (κ3) is 3.21. The quantitative estimate of drug-likeness (QED) is 0.863. The first-order valence-corrected chi connectivity index (χ1v) is 7.50. The van der Waals surface area contributed by atoms with E-state index in [9.17, 15) is 9.59 Å². The van der Waals surface area contributed by atoms with Gasteiger partial charge < -0.3 is 0 Å². The van der Waals surface area contributed by atoms with Crippen LogP contribution in [0.1, 0.15) is 44.6 Å². The highest BCUT2D eigenvalue weighted by Gasteiger charge is 2.39. The fourth-order valence-electron chi connectivity index (χ4n) is 3.06. The van der Waals surface area contributed by atoms with Gasteiger partial charge in [-0.15, -0.1) is 0 Å². The Hall–Kier alpha value is -1.35. The molecule has 4 heteroatoms. The largest absolute Gasteiger partial charge is 0.296 e. The number of hydrogen-bond donors (Lipinski definition) is 1. The number of carbonyl (C=O) groups is 2. The van der Waals surface area contributed by atoms with Crippen molar-refractivity contribution in [2.75, 3.05) is 0 Å². The highest BCUT2D eigenvalue weighted by atomic mass is 35.5. The molecule has 0 aliphatic carbocycles. The monoisotopic (exact) mass is 293 g/mol. The second-order valence-electron chi connectivity index (χ2n) is 5.58. The molecule has 1 aromatic rings. The molecule has 1 aliphatic rings. The first kappa shape index (κ1) is 15.0. The minimum absolute atomic E-state index is 0.0670. The minimum Gasteiger partial charge on any atom is -0.296 e. The summed E-state index contributed by atoms with van der Waals surface area (Å²) in [5.74, 6) is -0.190. The van der Waals surface area contributed by atoms with Crippen LogP contribution in [0.5, 0.6) is 0 Å². The van der Waals surface area contributed by atoms with Gasteiger partial charge in [-0.1, -0.05) is 50.4 Å². The maximum Gasteiger partial charge on any atom is 0.234 e. The van der Waals surface area contributed by atoms with Crippen LogP contribution in [-0.2, 0) is 9.59 Å². The summed E-state index contributed by atoms with van der Waals surface area (Å²) in [6.45, 7) is 4.25. The molecular weight excluding hydrogens is 274 g/mol. The number of nitrogens with one attached hydrogen (secondary N) is 1. The van der Waals surface area contributed by atoms with Gasteiger partial charge in [0.05, 0.1) is 5.92 Å². The molecule has 0 spiro atoms. The molecule has 3 atom stereocenters. The van der Waals surface area contributed by atoms with E-state index in [0.29, 0.717) is 17.4 Å². The van der Waals surface area contributed by atoms with Crippen molar-refractivity contribution in [1.82, 2.24) is 5.32 Å². The van der Waals surface area contributed by atoms with Crippen LogP contribution >= 0.6 is 11.6 Å². The summed E-state index contributed by atoms with van der Waals surface area (Å²) in [6.07, 6.45) is 2.50. The van der Waals surface area contributed by atoms with E-state index < -0.39 is 0 Å². The van der Waals surface area contributed by atoms with Gasteiger partial charge in [0.1, 0.15) is 0 Å². The minimum atomic E-state index is -0.258. The lowest BCUT2D eigenvalue weighted by Gasteiger charge is -2.34. The first-order valence-electron chi connectivity index (χ1n) is 7.12. The summed E-state index contributed by atoms with van der Waals surface area (Å²) in [6, 6.07) is 7.35. The van der Waals surface area contributed by atoms with Gasteiger partial charge in [0.2, 0.25) is 11.8 Å². The Morgan fingerprint density at radius 2 is 1.95 bits per heavy atom. The van der Waals surface area contributed by atoms with Crippen molar-refractivity contribution in [3.05, 3.63) is 34.9 Å². The van der Waals surface area contributed by atoms with Crippen molar-refractivity contribution in [2.24, 2.45) is 11.8 Å². The molecule has 3 unspecified atom stereocenters. The van der Waals surface area contributed by atoms with Crippen LogP contribution < -0.4 is 5.32 Å². The molecule has 1 heterocycles. The van der Waals surface area contributed by atoms with Crippen molar-refractivity contribution < 1.29 is 9.59 Å². The third-order valence-corrected chi connectivity index (χ3v) is 4.35. The normalized spacial score (nSPS) is 24.4. The van der Waals surface area contributed by atoms with Crippen molar-refractivity contribution >= 4 is 23.4 Å². The smallest absolute Gasteiger partial charge is 0.234 e. The Balaban J connectivity index is 2.31. The molecular formula is C16H20ClNO2. The maximum atomic E-state index is 12.2. The number of halogens is 1. The molecule has 108 valence electrons. The fraction of sp³-hybridized carbons (Fsp3) is 0.500. The van der Waals surface area contributed by atoms with Gasteiger partial charge >= 0.3 is 0 Å². The van der Waals surface area contributed by atoms with E-state index in [1.54, 1.807) is 12.1 Å². The third-order valence-electron chi connectivity index (χ3n) is 4.10. The predicted molar refractivity (Wildman–Crippen MR) is 79.5 cm³/mol. The van der Waals surface area contributed by atoms with E-state index in [1.165, 1.54) is 0 Å². The van der Waals surface area contributed by atoms with E-state index in [1.807, 2.05) is 12.1 Å². The average molecular weight is 294 g/mol. The van der Waals surface area contributed by atoms with Crippen molar-refractivity contribution in [3.63, 3.8) is 0 Å². The molecule has 0 bridgehead atoms. The number of piperidine rings is 1. The van der Waals surface area contributed by atoms with Crippen molar-refractivity contribution in [2.45, 2.75) is 39.0 Å². The van der Waals surface area contributed by atoms with Gasteiger partial charge in [-0.05, 0) is 29.5 Å². The van der Waals surface area contributed by atoms with Gasteiger partial charge in [0, 0.05) is 11.4 Å². The van der Waals surface area contributed by atoms with Crippen LogP contribution in [0.2, 0.25) is 5.02 Å². The summed E-state index contributed by atoms with van der Waals surface area (Å²) < 4.78 is 0. The molecule has 1 aliphatic heterocycles. The summed E-state index contributed by atoms with van der Waals surface area (Å²) >= 11 is 5.90. The molecule has 3 nitrogen and oxygen atoms in total. The van der Waals surface area contributed by atoms with Crippen LogP contribution in [0, 0.1) is 11.8 Å². The number of amides is 2. The Labute approximate surface area is 124 Å². The Morgan fingerprint density at radius 3 is 2.55 bits per heavy atom. The van der Waals surface area contributed by atoms with Gasteiger partial charge in [-0.3, -0.25) is 14.9 Å². The zero-order valence-electron chi connectivity index (χ0n) is 11.9. The number of hydrogen-bond acceptors (Lipinski definition) is 2. The number of rotatable bonds is 4. The maximum absolute atomic E-state index is 12.2. The van der Waals surface area contributed by atoms with Crippen molar-refractivity contribution in [1.29, 1.82) is 0 Å². The van der Waals surface area contributed by atoms with Crippen LogP contribution in [0.4, 0.5) is 0 Å². The van der Waals surface area contributed by atoms with E-state index in [4.69, 9.17) is 11.6 Å². The second-order valence-corrected chi connectivity index (χ2v) is 6.01. The SMILES string of the molecule is CCCC(C)C1CC(=O)NC(=O)C1c1ccc(Cl)cc1.